The van der Waals surface area contributed by atoms with Crippen molar-refractivity contribution < 1.29 is 70.5 Å². The maximum atomic E-state index is 12.3. The highest BCUT2D eigenvalue weighted by Gasteiger charge is 2.27. The van der Waals surface area contributed by atoms with E-state index in [1.54, 1.807) is 0 Å². The van der Waals surface area contributed by atoms with Crippen LogP contribution in [0.15, 0.2) is 83.7 Å². The van der Waals surface area contributed by atoms with Crippen molar-refractivity contribution in [1.82, 2.24) is 0 Å². The number of carboxylic acid groups (broad SMARTS) is 1. The number of azo groups is 2. The van der Waals surface area contributed by atoms with Crippen molar-refractivity contribution in [3.63, 3.8) is 0 Å². The number of carbonyl (C=O) groups is 1. The number of nitro groups is 2. The molecule has 0 aliphatic carbocycles. The summed E-state index contributed by atoms with van der Waals surface area (Å²) in [5.41, 5.74) is -5.32. The van der Waals surface area contributed by atoms with Gasteiger partial charge in [-0.25, -0.2) is 10.1 Å². The Morgan fingerprint density at radius 2 is 1.29 bits per heavy atom. The van der Waals surface area contributed by atoms with Crippen molar-refractivity contribution in [2.75, 3.05) is 0 Å². The van der Waals surface area contributed by atoms with E-state index in [9.17, 15) is 66.3 Å². The number of hydrogen-bond donors (Lipinski definition) is 6. The molecule has 0 unspecified atom stereocenters. The summed E-state index contributed by atoms with van der Waals surface area (Å²) in [4.78, 5) is 29.3. The van der Waals surface area contributed by atoms with Crippen LogP contribution in [0.1, 0.15) is 10.4 Å². The van der Waals surface area contributed by atoms with E-state index >= 15 is 0 Å². The minimum Gasteiger partial charge on any atom is -0.505 e. The van der Waals surface area contributed by atoms with Gasteiger partial charge in [0.1, 0.15) is 32.5 Å². The number of fused-ring (bicyclic) bond motifs is 1. The van der Waals surface area contributed by atoms with Gasteiger partial charge in [0.25, 0.3) is 31.6 Å². The smallest absolute Gasteiger partial charge is 0.338 e. The predicted molar refractivity (Wildman–Crippen MR) is 159 cm³/mol. The molecule has 0 amide bonds. The number of nitrogens with zero attached hydrogens (tertiary/aromatic N) is 6. The first-order valence-corrected chi connectivity index (χ1v) is 15.8. The molecule has 49 heavy (non-hydrogen) atoms. The molecule has 0 aliphatic heterocycles. The lowest BCUT2D eigenvalue weighted by atomic mass is 10.1. The average Bonchev–Trinajstić information content (AvgIpc) is 3.01. The minimum atomic E-state index is -5.30. The lowest BCUT2D eigenvalue weighted by molar-refractivity contribution is -0.432. The lowest BCUT2D eigenvalue weighted by Crippen LogP contribution is -2.00. The Bertz CT molecular complexity index is 2350. The molecule has 0 fully saturated rings. The van der Waals surface area contributed by atoms with Crippen molar-refractivity contribution in [2.45, 2.75) is 14.7 Å². The number of hydrogen-bond acceptors (Lipinski definition) is 19. The highest BCUT2D eigenvalue weighted by molar-refractivity contribution is 7.94. The lowest BCUT2D eigenvalue weighted by Gasteiger charge is -2.13. The van der Waals surface area contributed by atoms with E-state index in [0.29, 0.717) is 18.2 Å². The van der Waals surface area contributed by atoms with Crippen LogP contribution in [0.4, 0.5) is 34.1 Å². The van der Waals surface area contributed by atoms with Crippen LogP contribution in [-0.4, -0.2) is 62.3 Å². The molecule has 6 N–H and O–H groups in total. The third-order valence-electron chi connectivity index (χ3n) is 6.05. The largest absolute Gasteiger partial charge is 0.505 e. The van der Waals surface area contributed by atoms with E-state index in [2.05, 4.69) is 29.8 Å². The van der Waals surface area contributed by atoms with E-state index < -0.39 is 113 Å². The Balaban J connectivity index is 2.00. The first-order chi connectivity index (χ1) is 22.8. The molecule has 0 saturated carbocycles. The summed E-state index contributed by atoms with van der Waals surface area (Å²) in [5, 5.41) is 79.2. The second-order valence-corrected chi connectivity index (χ2v) is 12.5. The van der Waals surface area contributed by atoms with Crippen LogP contribution in [0, 0.1) is 20.2 Å². The minimum absolute atomic E-state index is 0.0837. The van der Waals surface area contributed by atoms with Crippen LogP contribution >= 0.6 is 12.0 Å². The van der Waals surface area contributed by atoms with Gasteiger partial charge in [0, 0.05) is 24.3 Å². The number of non-ortho nitro benzene ring substituents is 2. The summed E-state index contributed by atoms with van der Waals surface area (Å²) in [6, 6.07) is 5.85. The molecule has 0 aromatic heterocycles. The number of rotatable bonds is 12. The van der Waals surface area contributed by atoms with Crippen LogP contribution in [0.25, 0.3) is 10.8 Å². The Morgan fingerprint density at radius 1 is 0.755 bits per heavy atom. The van der Waals surface area contributed by atoms with Crippen LogP contribution in [0.5, 0.6) is 11.5 Å². The van der Waals surface area contributed by atoms with Gasteiger partial charge in [-0.15, -0.1) is 24.8 Å². The molecular formula is C23H14N6O17S3. The van der Waals surface area contributed by atoms with E-state index in [1.165, 1.54) is 0 Å². The number of aromatic hydroxyl groups is 2. The van der Waals surface area contributed by atoms with Crippen molar-refractivity contribution in [2.24, 2.45) is 20.5 Å². The van der Waals surface area contributed by atoms with E-state index in [4.69, 9.17) is 5.26 Å². The van der Waals surface area contributed by atoms with E-state index in [1.807, 2.05) is 0 Å². The quantitative estimate of drug-likeness (QED) is 0.0260. The Morgan fingerprint density at radius 3 is 1.84 bits per heavy atom. The highest BCUT2D eigenvalue weighted by Crippen LogP contribution is 2.51. The first kappa shape index (κ1) is 36.1. The van der Waals surface area contributed by atoms with Gasteiger partial charge in [0.15, 0.2) is 11.5 Å². The van der Waals surface area contributed by atoms with Gasteiger partial charge >= 0.3 is 5.97 Å². The van der Waals surface area contributed by atoms with Gasteiger partial charge in [-0.3, -0.25) is 29.3 Å². The fraction of sp³-hybridized carbons (Fsp3) is 0. The zero-order valence-corrected chi connectivity index (χ0v) is 25.7. The SMILES string of the molecule is O=C(O)c1cc([N+](=O)[O-])ccc1N=Nc1c(S(=O)(=O)O)cc2cc(SOOO)c(N=Nc3ccc([N+](=O)[O-])cc3S(=O)(=O)O)c(O)c2c1O. The fourth-order valence-electron chi connectivity index (χ4n) is 3.98. The van der Waals surface area contributed by atoms with Gasteiger partial charge in [0.2, 0.25) is 0 Å². The Hall–Kier alpha value is -5.74. The maximum Gasteiger partial charge on any atom is 0.338 e. The number of nitro benzene ring substituents is 2. The van der Waals surface area contributed by atoms with Gasteiger partial charge in [0.05, 0.1) is 37.7 Å². The van der Waals surface area contributed by atoms with Crippen molar-refractivity contribution in [1.29, 1.82) is 0 Å². The summed E-state index contributed by atoms with van der Waals surface area (Å²) in [5.74, 6) is -4.06. The molecule has 4 aromatic carbocycles. The number of carboxylic acids is 1. The summed E-state index contributed by atoms with van der Waals surface area (Å²) >= 11 is 0.0837. The molecule has 26 heteroatoms. The van der Waals surface area contributed by atoms with Gasteiger partial charge in [-0.1, -0.05) is 5.04 Å². The summed E-state index contributed by atoms with van der Waals surface area (Å²) in [7, 11) is -10.5. The third-order valence-corrected chi connectivity index (χ3v) is 8.42. The number of phenols is 2. The summed E-state index contributed by atoms with van der Waals surface area (Å²) in [6.45, 7) is 0. The highest BCUT2D eigenvalue weighted by atomic mass is 32.2. The van der Waals surface area contributed by atoms with E-state index in [-0.39, 0.29) is 12.0 Å². The number of aromatic carboxylic acids is 1. The molecule has 0 saturated heterocycles. The topological polar surface area (TPSA) is 361 Å². The van der Waals surface area contributed by atoms with Gasteiger partial charge in [-0.05, 0) is 29.7 Å². The zero-order chi connectivity index (χ0) is 36.4. The average molecular weight is 743 g/mol. The van der Waals surface area contributed by atoms with Crippen LogP contribution in [0.2, 0.25) is 0 Å². The van der Waals surface area contributed by atoms with Crippen LogP contribution in [0.3, 0.4) is 0 Å². The monoisotopic (exact) mass is 742 g/mol. The van der Waals surface area contributed by atoms with Crippen molar-refractivity contribution in [3.05, 3.63) is 74.3 Å². The molecule has 4 rings (SSSR count). The number of benzene rings is 4. The number of phenolic OH excluding ortho intramolecular Hbond substituents is 2. The van der Waals surface area contributed by atoms with Crippen molar-refractivity contribution >= 4 is 83.1 Å². The molecule has 0 spiro atoms. The second kappa shape index (κ2) is 13.8. The Labute approximate surface area is 274 Å². The first-order valence-electron chi connectivity index (χ1n) is 12.1. The normalized spacial score (nSPS) is 12.2. The summed E-state index contributed by atoms with van der Waals surface area (Å²) < 4.78 is 72.1. The molecular weight excluding hydrogens is 728 g/mol. The van der Waals surface area contributed by atoms with Crippen LogP contribution < -0.4 is 0 Å². The Kier molecular flexibility index (Phi) is 10.2. The van der Waals surface area contributed by atoms with Gasteiger partial charge in [-0.2, -0.15) is 16.8 Å². The summed E-state index contributed by atoms with van der Waals surface area (Å²) in [6.07, 6.45) is 0. The zero-order valence-electron chi connectivity index (χ0n) is 23.2. The molecule has 0 radical (unpaired) electrons. The van der Waals surface area contributed by atoms with E-state index in [0.717, 1.165) is 30.3 Å². The second-order valence-electron chi connectivity index (χ2n) is 8.99. The standard InChI is InChI=1S/C23H14N6O17S3/c30-21-18-9(5-15(47-46-45-38)19(21)26-25-14-4-2-11(29(36)37)8-16(14)48(39,40)41)6-17(49(42,43)44)20(22(18)31)27-24-13-3-1-10(28(34)35)7-12(13)23(32)33/h1-8,30-31,38H,(H,32,33)(H,39,40,41)(H,42,43,44). The fourth-order valence-corrected chi connectivity index (χ4v) is 5.77. The molecule has 256 valence electrons. The molecule has 0 atom stereocenters. The van der Waals surface area contributed by atoms with Crippen LogP contribution in [-0.2, 0) is 29.6 Å². The molecule has 23 nitrogen and oxygen atoms in total. The molecule has 0 heterocycles. The van der Waals surface area contributed by atoms with Crippen molar-refractivity contribution in [3.8, 4) is 11.5 Å². The molecule has 0 bridgehead atoms. The maximum absolute atomic E-state index is 12.3. The van der Waals surface area contributed by atoms with Gasteiger partial charge < -0.3 is 15.3 Å². The third kappa shape index (κ3) is 7.71. The predicted octanol–water partition coefficient (Wildman–Crippen LogP) is 5.52. The molecule has 4 aromatic rings. The molecule has 0 aliphatic rings.